The number of aliphatic hydroxyl groups excluding tert-OH is 3. The van der Waals surface area contributed by atoms with Gasteiger partial charge in [-0.3, -0.25) is 9.59 Å². The monoisotopic (exact) mass is 674 g/mol. The van der Waals surface area contributed by atoms with E-state index in [0.717, 1.165) is 0 Å². The van der Waals surface area contributed by atoms with E-state index < -0.39 is 59.7 Å². The SMILES string of the molecule is O=C(CCC/C=C\C[C@@H]1[C@@H](/C=C/[C@@H](O)COc2cccc(Cl)c2)[C@H](O)C[C@@H]1O)OCC(CO[N+](=O)[O-])OC(=O)CCCO[N+](=O)[O-]. The van der Waals surface area contributed by atoms with Crippen molar-refractivity contribution in [3.05, 3.63) is 73.8 Å². The van der Waals surface area contributed by atoms with Gasteiger partial charge in [0.05, 0.1) is 18.8 Å². The van der Waals surface area contributed by atoms with Crippen molar-refractivity contribution in [3.63, 3.8) is 0 Å². The fourth-order valence-corrected chi connectivity index (χ4v) is 4.79. The molecule has 1 unspecified atom stereocenters. The quantitative estimate of drug-likeness (QED) is 0.0528. The van der Waals surface area contributed by atoms with E-state index >= 15 is 0 Å². The molecular formula is C29H39ClN2O14. The summed E-state index contributed by atoms with van der Waals surface area (Å²) < 4.78 is 15.6. The van der Waals surface area contributed by atoms with Gasteiger partial charge < -0.3 is 39.2 Å². The van der Waals surface area contributed by atoms with Crippen molar-refractivity contribution in [1.29, 1.82) is 0 Å². The maximum Gasteiger partial charge on any atom is 0.306 e. The van der Waals surface area contributed by atoms with Crippen LogP contribution in [0.25, 0.3) is 0 Å². The minimum atomic E-state index is -1.26. The van der Waals surface area contributed by atoms with Crippen molar-refractivity contribution in [2.75, 3.05) is 26.4 Å². The maximum atomic E-state index is 12.1. The molecule has 0 aliphatic heterocycles. The molecule has 0 radical (unpaired) electrons. The number of aliphatic hydroxyl groups is 3. The van der Waals surface area contributed by atoms with E-state index in [1.54, 1.807) is 30.3 Å². The van der Waals surface area contributed by atoms with Crippen molar-refractivity contribution in [1.82, 2.24) is 0 Å². The van der Waals surface area contributed by atoms with Gasteiger partial charge in [0.2, 0.25) is 0 Å². The first-order valence-electron chi connectivity index (χ1n) is 14.6. The van der Waals surface area contributed by atoms with Gasteiger partial charge in [0.1, 0.15) is 31.7 Å². The molecule has 0 heterocycles. The van der Waals surface area contributed by atoms with Crippen LogP contribution in [0.15, 0.2) is 48.6 Å². The number of benzene rings is 1. The largest absolute Gasteiger partial charge is 0.491 e. The first kappa shape index (κ1) is 38.2. The van der Waals surface area contributed by atoms with E-state index in [2.05, 4.69) is 9.68 Å². The van der Waals surface area contributed by atoms with Crippen molar-refractivity contribution in [3.8, 4) is 5.75 Å². The molecule has 0 aromatic heterocycles. The van der Waals surface area contributed by atoms with E-state index in [1.165, 1.54) is 6.08 Å². The summed E-state index contributed by atoms with van der Waals surface area (Å²) in [5.41, 5.74) is 0. The van der Waals surface area contributed by atoms with Crippen molar-refractivity contribution in [2.45, 2.75) is 69.4 Å². The van der Waals surface area contributed by atoms with Crippen LogP contribution in [-0.4, -0.2) is 88.3 Å². The number of carbonyl (C=O) groups is 2. The first-order valence-corrected chi connectivity index (χ1v) is 15.0. The summed E-state index contributed by atoms with van der Waals surface area (Å²) in [5.74, 6) is -1.62. The Kier molecular flexibility index (Phi) is 17.4. The van der Waals surface area contributed by atoms with Gasteiger partial charge in [-0.2, -0.15) is 0 Å². The standard InChI is InChI=1S/C29H39ClN2O14/c30-20-7-5-8-22(15-20)42-17-21(33)12-13-25-24(26(34)16-27(25)35)9-3-1-2-4-10-28(36)43-18-23(19-45-32(40)41)46-29(37)11-6-14-44-31(38)39/h1,3,5,7-8,12-13,15,21,23-27,33-35H,2,4,6,9-11,14,16-19H2/b3-1-,13-12+/t21-,23?,24-,25-,26+,27-/m1/s1. The number of hydrogen-bond donors (Lipinski definition) is 3. The highest BCUT2D eigenvalue weighted by molar-refractivity contribution is 6.30. The van der Waals surface area contributed by atoms with Crippen LogP contribution in [0.3, 0.4) is 0 Å². The minimum Gasteiger partial charge on any atom is -0.491 e. The molecule has 3 N–H and O–H groups in total. The van der Waals surface area contributed by atoms with Gasteiger partial charge in [0, 0.05) is 30.2 Å². The third kappa shape index (κ3) is 15.8. The third-order valence-electron chi connectivity index (χ3n) is 6.83. The lowest BCUT2D eigenvalue weighted by Gasteiger charge is -2.19. The summed E-state index contributed by atoms with van der Waals surface area (Å²) in [6.45, 7) is -1.52. The fraction of sp³-hybridized carbons (Fsp3) is 0.586. The van der Waals surface area contributed by atoms with Crippen molar-refractivity contribution in [2.24, 2.45) is 11.8 Å². The molecule has 1 fully saturated rings. The lowest BCUT2D eigenvalue weighted by molar-refractivity contribution is -0.759. The number of rotatable bonds is 22. The molecule has 1 saturated carbocycles. The normalized spacial score (nSPS) is 20.7. The lowest BCUT2D eigenvalue weighted by atomic mass is 9.89. The fourth-order valence-electron chi connectivity index (χ4n) is 4.61. The van der Waals surface area contributed by atoms with Crippen molar-refractivity contribution >= 4 is 23.5 Å². The smallest absolute Gasteiger partial charge is 0.306 e. The first-order chi connectivity index (χ1) is 21.9. The summed E-state index contributed by atoms with van der Waals surface area (Å²) in [6.07, 6.45) is 4.45. The van der Waals surface area contributed by atoms with E-state index in [1.807, 2.05) is 12.2 Å². The van der Waals surface area contributed by atoms with Gasteiger partial charge in [0.15, 0.2) is 6.10 Å². The molecule has 16 nitrogen and oxygen atoms in total. The number of allylic oxidation sites excluding steroid dienone is 2. The molecule has 1 aromatic carbocycles. The summed E-state index contributed by atoms with van der Waals surface area (Å²) in [4.78, 5) is 53.0. The van der Waals surface area contributed by atoms with Gasteiger partial charge in [0.25, 0.3) is 10.2 Å². The lowest BCUT2D eigenvalue weighted by Crippen LogP contribution is -2.30. The highest BCUT2D eigenvalue weighted by Crippen LogP contribution is 2.36. The molecule has 46 heavy (non-hydrogen) atoms. The van der Waals surface area contributed by atoms with Gasteiger partial charge in [-0.15, -0.1) is 20.2 Å². The highest BCUT2D eigenvalue weighted by Gasteiger charge is 2.39. The van der Waals surface area contributed by atoms with Crippen LogP contribution in [0, 0.1) is 32.1 Å². The molecule has 0 amide bonds. The number of carbonyl (C=O) groups excluding carboxylic acids is 2. The predicted octanol–water partition coefficient (Wildman–Crippen LogP) is 2.76. The van der Waals surface area contributed by atoms with Gasteiger partial charge in [-0.05, 0) is 49.8 Å². The zero-order chi connectivity index (χ0) is 33.9. The molecule has 0 spiro atoms. The molecule has 1 aliphatic rings. The molecule has 6 atom stereocenters. The second-order valence-corrected chi connectivity index (χ2v) is 10.8. The molecule has 2 rings (SSSR count). The van der Waals surface area contributed by atoms with Crippen molar-refractivity contribution < 1.29 is 59.0 Å². The summed E-state index contributed by atoms with van der Waals surface area (Å²) >= 11 is 5.93. The zero-order valence-corrected chi connectivity index (χ0v) is 25.7. The van der Waals surface area contributed by atoms with Gasteiger partial charge in [-0.1, -0.05) is 42.0 Å². The molecule has 0 saturated heterocycles. The van der Waals surface area contributed by atoms with Crippen LogP contribution in [-0.2, 0) is 28.7 Å². The molecule has 0 bridgehead atoms. The Balaban J connectivity index is 1.72. The van der Waals surface area contributed by atoms with Crippen LogP contribution in [0.2, 0.25) is 5.02 Å². The van der Waals surface area contributed by atoms with Gasteiger partial charge in [-0.25, -0.2) is 0 Å². The second-order valence-electron chi connectivity index (χ2n) is 10.4. The Morgan fingerprint density at radius 1 is 1.00 bits per heavy atom. The predicted molar refractivity (Wildman–Crippen MR) is 159 cm³/mol. The summed E-state index contributed by atoms with van der Waals surface area (Å²) in [5, 5.41) is 50.2. The average Bonchev–Trinajstić information content (AvgIpc) is 3.27. The number of unbranched alkanes of at least 4 members (excludes halogenated alkanes) is 1. The zero-order valence-electron chi connectivity index (χ0n) is 25.0. The number of halogens is 1. The molecule has 1 aliphatic carbocycles. The van der Waals surface area contributed by atoms with E-state index in [4.69, 9.17) is 25.8 Å². The van der Waals surface area contributed by atoms with Crippen LogP contribution >= 0.6 is 11.6 Å². The number of ether oxygens (including phenoxy) is 3. The van der Waals surface area contributed by atoms with Gasteiger partial charge >= 0.3 is 11.9 Å². The Labute approximate surface area is 269 Å². The third-order valence-corrected chi connectivity index (χ3v) is 7.07. The van der Waals surface area contributed by atoms with Crippen LogP contribution < -0.4 is 4.74 Å². The van der Waals surface area contributed by atoms with Crippen LogP contribution in [0.1, 0.15) is 44.9 Å². The average molecular weight is 675 g/mol. The van der Waals surface area contributed by atoms with E-state index in [9.17, 15) is 45.1 Å². The minimum absolute atomic E-state index is 0.00457. The van der Waals surface area contributed by atoms with E-state index in [-0.39, 0.29) is 50.7 Å². The second kappa shape index (κ2) is 20.9. The molecular weight excluding hydrogens is 636 g/mol. The Morgan fingerprint density at radius 2 is 1.74 bits per heavy atom. The number of nitrogens with zero attached hydrogens (tertiary/aromatic N) is 2. The Hall–Kier alpha value is -3.99. The number of esters is 2. The summed E-state index contributed by atoms with van der Waals surface area (Å²) in [7, 11) is 0. The summed E-state index contributed by atoms with van der Waals surface area (Å²) in [6, 6.07) is 6.77. The Morgan fingerprint density at radius 3 is 2.46 bits per heavy atom. The topological polar surface area (TPSA) is 227 Å². The number of hydrogen-bond acceptors (Lipinski definition) is 14. The molecule has 17 heteroatoms. The molecule has 1 aromatic rings. The highest BCUT2D eigenvalue weighted by atomic mass is 35.5. The molecule has 256 valence electrons. The van der Waals surface area contributed by atoms with Crippen LogP contribution in [0.4, 0.5) is 0 Å². The van der Waals surface area contributed by atoms with Crippen LogP contribution in [0.5, 0.6) is 5.75 Å². The Bertz CT molecular complexity index is 1180. The van der Waals surface area contributed by atoms with E-state index in [0.29, 0.717) is 30.0 Å². The maximum absolute atomic E-state index is 12.1.